The Labute approximate surface area is 98.6 Å². The largest absolute Gasteiger partial charge is 0.512 e. The van der Waals surface area contributed by atoms with Crippen molar-refractivity contribution in [1.82, 2.24) is 9.97 Å². The van der Waals surface area contributed by atoms with Crippen molar-refractivity contribution in [1.29, 1.82) is 0 Å². The highest BCUT2D eigenvalue weighted by atomic mass is 16.5. The fourth-order valence-electron chi connectivity index (χ4n) is 1.26. The molecule has 0 saturated carbocycles. The van der Waals surface area contributed by atoms with Crippen molar-refractivity contribution in [3.8, 4) is 6.01 Å². The summed E-state index contributed by atoms with van der Waals surface area (Å²) >= 11 is 0. The number of nitrogens with zero attached hydrogens (tertiary/aromatic N) is 2. The average molecular weight is 238 g/mol. The Kier molecular flexibility index (Phi) is 4.45. The van der Waals surface area contributed by atoms with Gasteiger partial charge in [-0.25, -0.2) is 14.8 Å². The zero-order valence-corrected chi connectivity index (χ0v) is 9.67. The van der Waals surface area contributed by atoms with E-state index in [1.165, 1.54) is 19.5 Å². The van der Waals surface area contributed by atoms with Crippen LogP contribution in [0, 0.1) is 0 Å². The maximum atomic E-state index is 10.9. The Morgan fingerprint density at radius 3 is 2.35 bits per heavy atom. The summed E-state index contributed by atoms with van der Waals surface area (Å²) in [6.07, 6.45) is 3.30. The van der Waals surface area contributed by atoms with Gasteiger partial charge in [0.15, 0.2) is 0 Å². The highest BCUT2D eigenvalue weighted by Crippen LogP contribution is 2.13. The third kappa shape index (κ3) is 3.44. The van der Waals surface area contributed by atoms with Crippen LogP contribution in [0.15, 0.2) is 23.7 Å². The second-order valence-corrected chi connectivity index (χ2v) is 3.34. The van der Waals surface area contributed by atoms with E-state index in [0.717, 1.165) is 0 Å². The van der Waals surface area contributed by atoms with Gasteiger partial charge in [-0.2, -0.15) is 0 Å². The summed E-state index contributed by atoms with van der Waals surface area (Å²) in [5, 5.41) is 18.4. The quantitative estimate of drug-likeness (QED) is 0.594. The molecule has 0 aliphatic carbocycles. The molecule has 6 nitrogen and oxygen atoms in total. The standard InChI is InChI=1S/C11H14N2O4/c1-3-9(14)8(10(15)16)4-7-5-12-11(17-2)13-6-7/h5-6,14H,3-4H2,1-2H3,(H,15,16)/b9-8-. The maximum absolute atomic E-state index is 10.9. The Hall–Kier alpha value is -2.11. The molecule has 0 unspecified atom stereocenters. The number of methoxy groups -OCH3 is 1. The summed E-state index contributed by atoms with van der Waals surface area (Å²) in [7, 11) is 1.44. The highest BCUT2D eigenvalue weighted by Gasteiger charge is 2.14. The minimum absolute atomic E-state index is 0.0405. The van der Waals surface area contributed by atoms with Crippen molar-refractivity contribution in [3.05, 3.63) is 29.3 Å². The molecule has 1 aromatic rings. The number of aromatic nitrogens is 2. The summed E-state index contributed by atoms with van der Waals surface area (Å²) in [6.45, 7) is 1.68. The second-order valence-electron chi connectivity index (χ2n) is 3.34. The van der Waals surface area contributed by atoms with Crippen LogP contribution in [0.4, 0.5) is 0 Å². The Bertz CT molecular complexity index is 426. The van der Waals surface area contributed by atoms with Gasteiger partial charge in [0.1, 0.15) is 5.76 Å². The molecule has 0 fully saturated rings. The third-order valence-electron chi connectivity index (χ3n) is 2.19. The van der Waals surface area contributed by atoms with Crippen LogP contribution in [0.5, 0.6) is 6.01 Å². The number of aliphatic carboxylic acids is 1. The predicted octanol–water partition coefficient (Wildman–Crippen LogP) is 1.33. The lowest BCUT2D eigenvalue weighted by Gasteiger charge is -2.05. The van der Waals surface area contributed by atoms with Crippen LogP contribution < -0.4 is 4.74 Å². The van der Waals surface area contributed by atoms with Gasteiger partial charge >= 0.3 is 12.0 Å². The molecule has 1 aromatic heterocycles. The van der Waals surface area contributed by atoms with E-state index in [4.69, 9.17) is 9.84 Å². The van der Waals surface area contributed by atoms with Crippen molar-refractivity contribution in [2.45, 2.75) is 19.8 Å². The van der Waals surface area contributed by atoms with Gasteiger partial charge in [0.25, 0.3) is 0 Å². The minimum Gasteiger partial charge on any atom is -0.512 e. The molecule has 0 aliphatic heterocycles. The summed E-state index contributed by atoms with van der Waals surface area (Å²) in [4.78, 5) is 18.7. The van der Waals surface area contributed by atoms with Gasteiger partial charge in [0, 0.05) is 25.2 Å². The minimum atomic E-state index is -1.14. The van der Waals surface area contributed by atoms with E-state index < -0.39 is 5.97 Å². The molecule has 0 aliphatic rings. The lowest BCUT2D eigenvalue weighted by molar-refractivity contribution is -0.133. The smallest absolute Gasteiger partial charge is 0.335 e. The van der Waals surface area contributed by atoms with Crippen LogP contribution in [0.2, 0.25) is 0 Å². The molecule has 0 amide bonds. The van der Waals surface area contributed by atoms with E-state index in [1.54, 1.807) is 6.92 Å². The first kappa shape index (κ1) is 13.0. The summed E-state index contributed by atoms with van der Waals surface area (Å²) < 4.78 is 4.79. The summed E-state index contributed by atoms with van der Waals surface area (Å²) in [5.74, 6) is -1.27. The Balaban J connectivity index is 2.91. The predicted molar refractivity (Wildman–Crippen MR) is 59.9 cm³/mol. The van der Waals surface area contributed by atoms with Crippen molar-refractivity contribution in [3.63, 3.8) is 0 Å². The highest BCUT2D eigenvalue weighted by molar-refractivity contribution is 5.87. The number of carbonyl (C=O) groups is 1. The first-order valence-corrected chi connectivity index (χ1v) is 5.07. The maximum Gasteiger partial charge on any atom is 0.335 e. The molecule has 6 heteroatoms. The molecule has 0 atom stereocenters. The molecular formula is C11H14N2O4. The third-order valence-corrected chi connectivity index (χ3v) is 2.19. The Morgan fingerprint density at radius 1 is 1.35 bits per heavy atom. The zero-order chi connectivity index (χ0) is 12.8. The van der Waals surface area contributed by atoms with E-state index in [1.807, 2.05) is 0 Å². The number of hydrogen-bond donors (Lipinski definition) is 2. The number of carboxylic acid groups (broad SMARTS) is 1. The molecule has 1 heterocycles. The monoisotopic (exact) mass is 238 g/mol. The molecule has 0 bridgehead atoms. The van der Waals surface area contributed by atoms with Gasteiger partial charge in [0.05, 0.1) is 12.7 Å². The molecular weight excluding hydrogens is 224 g/mol. The molecule has 2 N–H and O–H groups in total. The van der Waals surface area contributed by atoms with Crippen molar-refractivity contribution in [2.24, 2.45) is 0 Å². The SMILES string of the molecule is CC/C(O)=C(\Cc1cnc(OC)nc1)C(=O)O. The number of ether oxygens (including phenoxy) is 1. The van der Waals surface area contributed by atoms with Gasteiger partial charge in [-0.1, -0.05) is 6.92 Å². The van der Waals surface area contributed by atoms with Crippen LogP contribution in [0.3, 0.4) is 0 Å². The number of hydrogen-bond acceptors (Lipinski definition) is 5. The van der Waals surface area contributed by atoms with E-state index in [2.05, 4.69) is 9.97 Å². The van der Waals surface area contributed by atoms with Crippen LogP contribution >= 0.6 is 0 Å². The summed E-state index contributed by atoms with van der Waals surface area (Å²) in [5.41, 5.74) is 0.560. The molecule has 0 saturated heterocycles. The normalized spacial score (nSPS) is 11.9. The van der Waals surface area contributed by atoms with Crippen LogP contribution in [-0.2, 0) is 11.2 Å². The number of allylic oxidation sites excluding steroid dienone is 1. The van der Waals surface area contributed by atoms with E-state index in [9.17, 15) is 9.90 Å². The zero-order valence-electron chi connectivity index (χ0n) is 9.67. The number of aliphatic hydroxyl groups is 1. The van der Waals surface area contributed by atoms with Crippen LogP contribution in [0.1, 0.15) is 18.9 Å². The average Bonchev–Trinajstić information content (AvgIpc) is 2.35. The first-order valence-electron chi connectivity index (χ1n) is 5.07. The summed E-state index contributed by atoms with van der Waals surface area (Å²) in [6, 6.07) is 0.217. The van der Waals surface area contributed by atoms with E-state index in [0.29, 0.717) is 5.56 Å². The van der Waals surface area contributed by atoms with E-state index >= 15 is 0 Å². The van der Waals surface area contributed by atoms with Crippen molar-refractivity contribution < 1.29 is 19.7 Å². The molecule has 0 aromatic carbocycles. The number of rotatable bonds is 5. The fraction of sp³-hybridized carbons (Fsp3) is 0.364. The van der Waals surface area contributed by atoms with Crippen LogP contribution in [0.25, 0.3) is 0 Å². The van der Waals surface area contributed by atoms with Crippen molar-refractivity contribution >= 4 is 5.97 Å². The van der Waals surface area contributed by atoms with E-state index in [-0.39, 0.29) is 30.2 Å². The number of carboxylic acids is 1. The lowest BCUT2D eigenvalue weighted by Crippen LogP contribution is -2.08. The molecule has 17 heavy (non-hydrogen) atoms. The molecule has 0 radical (unpaired) electrons. The number of aliphatic hydroxyl groups excluding tert-OH is 1. The van der Waals surface area contributed by atoms with Gasteiger partial charge in [-0.3, -0.25) is 0 Å². The Morgan fingerprint density at radius 2 is 1.94 bits per heavy atom. The fourth-order valence-corrected chi connectivity index (χ4v) is 1.26. The second kappa shape index (κ2) is 5.83. The molecule has 92 valence electrons. The van der Waals surface area contributed by atoms with Gasteiger partial charge in [-0.05, 0) is 5.56 Å². The first-order chi connectivity index (χ1) is 8.08. The molecule has 1 rings (SSSR count). The van der Waals surface area contributed by atoms with Crippen molar-refractivity contribution in [2.75, 3.05) is 7.11 Å². The van der Waals surface area contributed by atoms with Crippen LogP contribution in [-0.4, -0.2) is 33.3 Å². The lowest BCUT2D eigenvalue weighted by atomic mass is 10.1. The van der Waals surface area contributed by atoms with Gasteiger partial charge < -0.3 is 14.9 Å². The van der Waals surface area contributed by atoms with Gasteiger partial charge in [0.2, 0.25) is 0 Å². The molecule has 0 spiro atoms. The van der Waals surface area contributed by atoms with Gasteiger partial charge in [-0.15, -0.1) is 0 Å². The topological polar surface area (TPSA) is 92.5 Å².